The van der Waals surface area contributed by atoms with Crippen LogP contribution in [0.4, 0.5) is 0 Å². The van der Waals surface area contributed by atoms with Crippen LogP contribution in [0, 0.1) is 6.92 Å². The van der Waals surface area contributed by atoms with E-state index >= 15 is 0 Å². The van der Waals surface area contributed by atoms with Crippen molar-refractivity contribution in [2.45, 2.75) is 19.8 Å². The van der Waals surface area contributed by atoms with Crippen LogP contribution in [-0.2, 0) is 0 Å². The Morgan fingerprint density at radius 2 is 1.86 bits per heavy atom. The fourth-order valence-corrected chi connectivity index (χ4v) is 2.58. The smallest absolute Gasteiger partial charge is 0.249 e. The minimum absolute atomic E-state index is 0.179. The molecular weight excluding hydrogens is 274 g/mol. The summed E-state index contributed by atoms with van der Waals surface area (Å²) >= 11 is 0. The van der Waals surface area contributed by atoms with Crippen LogP contribution < -0.4 is 5.73 Å². The first-order valence-corrected chi connectivity index (χ1v) is 7.17. The van der Waals surface area contributed by atoms with Crippen molar-refractivity contribution >= 4 is 16.8 Å². The summed E-state index contributed by atoms with van der Waals surface area (Å²) in [6.07, 6.45) is 3.50. The monoisotopic (exact) mass is 291 g/mol. The highest BCUT2D eigenvalue weighted by atomic mass is 16.1. The van der Waals surface area contributed by atoms with Crippen molar-refractivity contribution in [1.29, 1.82) is 0 Å². The van der Waals surface area contributed by atoms with Gasteiger partial charge in [0.2, 0.25) is 5.91 Å². The molecule has 0 saturated heterocycles. The molecule has 0 aliphatic heterocycles. The summed E-state index contributed by atoms with van der Waals surface area (Å²) in [7, 11) is 0. The standard InChI is InChI=1S/C18H17N3O/c1-11-3-4-14(10-21-11)12(2)13-5-6-17-16(9-13)15(18(19)22)7-8-20-17/h3-10,12H,1-2H3,(H2,19,22). The molecule has 0 radical (unpaired) electrons. The minimum atomic E-state index is -0.436. The third-order valence-electron chi connectivity index (χ3n) is 3.97. The van der Waals surface area contributed by atoms with Gasteiger partial charge in [0.15, 0.2) is 0 Å². The molecule has 2 heterocycles. The molecule has 0 saturated carbocycles. The second kappa shape index (κ2) is 5.56. The van der Waals surface area contributed by atoms with E-state index in [0.717, 1.165) is 27.7 Å². The first-order valence-electron chi connectivity index (χ1n) is 7.17. The van der Waals surface area contributed by atoms with Crippen LogP contribution >= 0.6 is 0 Å². The number of nitrogens with two attached hydrogens (primary N) is 1. The van der Waals surface area contributed by atoms with Crippen molar-refractivity contribution in [2.24, 2.45) is 5.73 Å². The van der Waals surface area contributed by atoms with Gasteiger partial charge in [0.1, 0.15) is 0 Å². The maximum absolute atomic E-state index is 11.6. The molecule has 0 aliphatic rings. The Hall–Kier alpha value is -2.75. The minimum Gasteiger partial charge on any atom is -0.366 e. The molecular formula is C18H17N3O. The van der Waals surface area contributed by atoms with Crippen LogP contribution in [0.25, 0.3) is 10.9 Å². The third-order valence-corrected chi connectivity index (χ3v) is 3.97. The first kappa shape index (κ1) is 14.2. The summed E-state index contributed by atoms with van der Waals surface area (Å²) in [6, 6.07) is 11.7. The van der Waals surface area contributed by atoms with Crippen molar-refractivity contribution in [3.8, 4) is 0 Å². The molecule has 4 heteroatoms. The largest absolute Gasteiger partial charge is 0.366 e. The Morgan fingerprint density at radius 1 is 1.09 bits per heavy atom. The predicted octanol–water partition coefficient (Wildman–Crippen LogP) is 3.19. The Balaban J connectivity index is 2.09. The zero-order valence-corrected chi connectivity index (χ0v) is 12.6. The lowest BCUT2D eigenvalue weighted by atomic mass is 9.92. The molecule has 0 spiro atoms. The number of carbonyl (C=O) groups excluding carboxylic acids is 1. The lowest BCUT2D eigenvalue weighted by molar-refractivity contribution is 0.100. The van der Waals surface area contributed by atoms with E-state index in [-0.39, 0.29) is 5.92 Å². The lowest BCUT2D eigenvalue weighted by Crippen LogP contribution is -2.11. The number of primary amides is 1. The molecule has 110 valence electrons. The van der Waals surface area contributed by atoms with Crippen LogP contribution in [0.2, 0.25) is 0 Å². The van der Waals surface area contributed by atoms with E-state index in [9.17, 15) is 4.79 Å². The number of rotatable bonds is 3. The average Bonchev–Trinajstić information content (AvgIpc) is 2.53. The normalized spacial score (nSPS) is 12.3. The van der Waals surface area contributed by atoms with Gasteiger partial charge in [-0.15, -0.1) is 0 Å². The number of fused-ring (bicyclic) bond motifs is 1. The van der Waals surface area contributed by atoms with Gasteiger partial charge >= 0.3 is 0 Å². The average molecular weight is 291 g/mol. The Bertz CT molecular complexity index is 841. The zero-order chi connectivity index (χ0) is 15.7. The fourth-order valence-electron chi connectivity index (χ4n) is 2.58. The van der Waals surface area contributed by atoms with Crippen LogP contribution in [0.5, 0.6) is 0 Å². The highest BCUT2D eigenvalue weighted by Crippen LogP contribution is 2.27. The van der Waals surface area contributed by atoms with E-state index in [2.05, 4.69) is 23.0 Å². The van der Waals surface area contributed by atoms with Crippen molar-refractivity contribution in [3.63, 3.8) is 0 Å². The zero-order valence-electron chi connectivity index (χ0n) is 12.6. The molecule has 1 atom stereocenters. The van der Waals surface area contributed by atoms with Crippen molar-refractivity contribution in [1.82, 2.24) is 9.97 Å². The van der Waals surface area contributed by atoms with E-state index in [0.29, 0.717) is 5.56 Å². The number of aromatic nitrogens is 2. The van der Waals surface area contributed by atoms with E-state index in [4.69, 9.17) is 5.73 Å². The summed E-state index contributed by atoms with van der Waals surface area (Å²) in [5.41, 5.74) is 9.96. The van der Waals surface area contributed by atoms with E-state index in [1.807, 2.05) is 37.4 Å². The summed E-state index contributed by atoms with van der Waals surface area (Å²) in [5, 5.41) is 0.791. The summed E-state index contributed by atoms with van der Waals surface area (Å²) in [5.74, 6) is -0.257. The molecule has 2 aromatic heterocycles. The Labute approximate surface area is 129 Å². The molecule has 1 aromatic carbocycles. The molecule has 0 aliphatic carbocycles. The number of hydrogen-bond acceptors (Lipinski definition) is 3. The van der Waals surface area contributed by atoms with Gasteiger partial charge in [0.25, 0.3) is 0 Å². The highest BCUT2D eigenvalue weighted by Gasteiger charge is 2.12. The number of pyridine rings is 2. The van der Waals surface area contributed by atoms with Crippen LogP contribution in [-0.4, -0.2) is 15.9 Å². The maximum Gasteiger partial charge on any atom is 0.249 e. The highest BCUT2D eigenvalue weighted by molar-refractivity contribution is 6.05. The number of hydrogen-bond donors (Lipinski definition) is 1. The quantitative estimate of drug-likeness (QED) is 0.805. The lowest BCUT2D eigenvalue weighted by Gasteiger charge is -2.14. The second-order valence-corrected chi connectivity index (χ2v) is 5.45. The summed E-state index contributed by atoms with van der Waals surface area (Å²) < 4.78 is 0. The Kier molecular flexibility index (Phi) is 3.59. The van der Waals surface area contributed by atoms with Crippen molar-refractivity contribution in [2.75, 3.05) is 0 Å². The molecule has 0 fully saturated rings. The van der Waals surface area contributed by atoms with Gasteiger partial charge < -0.3 is 5.73 Å². The molecule has 22 heavy (non-hydrogen) atoms. The van der Waals surface area contributed by atoms with Gasteiger partial charge in [-0.2, -0.15) is 0 Å². The maximum atomic E-state index is 11.6. The molecule has 1 unspecified atom stereocenters. The van der Waals surface area contributed by atoms with Crippen molar-refractivity contribution in [3.05, 3.63) is 71.2 Å². The molecule has 3 rings (SSSR count). The molecule has 2 N–H and O–H groups in total. The fraction of sp³-hybridized carbons (Fsp3) is 0.167. The molecule has 4 nitrogen and oxygen atoms in total. The van der Waals surface area contributed by atoms with Gasteiger partial charge in [-0.1, -0.05) is 19.1 Å². The van der Waals surface area contributed by atoms with Gasteiger partial charge in [-0.3, -0.25) is 14.8 Å². The van der Waals surface area contributed by atoms with Gasteiger partial charge in [0.05, 0.1) is 11.1 Å². The SMILES string of the molecule is Cc1ccc(C(C)c2ccc3nccc(C(N)=O)c3c2)cn1. The second-order valence-electron chi connectivity index (χ2n) is 5.45. The van der Waals surface area contributed by atoms with Crippen LogP contribution in [0.1, 0.15) is 40.0 Å². The van der Waals surface area contributed by atoms with Gasteiger partial charge in [-0.05, 0) is 42.3 Å². The van der Waals surface area contributed by atoms with Crippen molar-refractivity contribution < 1.29 is 4.79 Å². The van der Waals surface area contributed by atoms with E-state index < -0.39 is 5.91 Å². The number of benzene rings is 1. The molecule has 3 aromatic rings. The van der Waals surface area contributed by atoms with Crippen LogP contribution in [0.3, 0.4) is 0 Å². The van der Waals surface area contributed by atoms with E-state index in [1.54, 1.807) is 12.3 Å². The Morgan fingerprint density at radius 3 is 2.55 bits per heavy atom. The number of amides is 1. The van der Waals surface area contributed by atoms with Gasteiger partial charge in [0, 0.05) is 29.4 Å². The first-order chi connectivity index (χ1) is 10.6. The number of nitrogens with zero attached hydrogens (tertiary/aromatic N) is 2. The summed E-state index contributed by atoms with van der Waals surface area (Å²) in [4.78, 5) is 20.2. The molecule has 0 bridgehead atoms. The molecule has 1 amide bonds. The number of carbonyl (C=O) groups is 1. The van der Waals surface area contributed by atoms with Crippen LogP contribution in [0.15, 0.2) is 48.8 Å². The predicted molar refractivity (Wildman–Crippen MR) is 86.8 cm³/mol. The number of aryl methyl sites for hydroxylation is 1. The third kappa shape index (κ3) is 2.55. The van der Waals surface area contributed by atoms with Gasteiger partial charge in [-0.25, -0.2) is 0 Å². The summed E-state index contributed by atoms with van der Waals surface area (Å²) in [6.45, 7) is 4.09. The van der Waals surface area contributed by atoms with E-state index in [1.165, 1.54) is 0 Å². The topological polar surface area (TPSA) is 68.9 Å².